The molecule has 3 nitrogen and oxygen atoms in total. The van der Waals surface area contributed by atoms with Crippen molar-refractivity contribution in [2.45, 2.75) is 53.4 Å². The van der Waals surface area contributed by atoms with Crippen LogP contribution in [0.1, 0.15) is 53.4 Å². The highest BCUT2D eigenvalue weighted by Gasteiger charge is 2.16. The minimum Gasteiger partial charge on any atom is -0.356 e. The number of carbonyl (C=O) groups excluding carboxylic acids is 1. The molecule has 0 heterocycles. The van der Waals surface area contributed by atoms with E-state index in [0.29, 0.717) is 19.5 Å². The summed E-state index contributed by atoms with van der Waals surface area (Å²) < 4.78 is 0. The highest BCUT2D eigenvalue weighted by Crippen LogP contribution is 2.11. The molecule has 0 spiro atoms. The Hall–Kier alpha value is -0.570. The van der Waals surface area contributed by atoms with Crippen molar-refractivity contribution < 1.29 is 4.79 Å². The topological polar surface area (TPSA) is 55.1 Å². The maximum atomic E-state index is 11.5. The van der Waals surface area contributed by atoms with Crippen molar-refractivity contribution in [1.82, 2.24) is 5.32 Å². The Labute approximate surface area is 100 Å². The van der Waals surface area contributed by atoms with Crippen LogP contribution in [0, 0.1) is 11.3 Å². The van der Waals surface area contributed by atoms with Crippen LogP contribution in [0.3, 0.4) is 0 Å². The maximum Gasteiger partial charge on any atom is 0.220 e. The summed E-state index contributed by atoms with van der Waals surface area (Å²) in [6, 6.07) is 0. The van der Waals surface area contributed by atoms with E-state index in [9.17, 15) is 4.79 Å². The molecule has 3 heteroatoms. The first-order valence-corrected chi connectivity index (χ1v) is 6.34. The fourth-order valence-corrected chi connectivity index (χ4v) is 1.34. The fraction of sp³-hybridized carbons (Fsp3) is 0.923. The van der Waals surface area contributed by atoms with Gasteiger partial charge in [0.1, 0.15) is 0 Å². The zero-order valence-corrected chi connectivity index (χ0v) is 11.3. The highest BCUT2D eigenvalue weighted by molar-refractivity contribution is 5.75. The zero-order chi connectivity index (χ0) is 12.6. The molecule has 0 bridgehead atoms. The van der Waals surface area contributed by atoms with Gasteiger partial charge in [-0.2, -0.15) is 0 Å². The van der Waals surface area contributed by atoms with Gasteiger partial charge in [0.05, 0.1) is 0 Å². The molecule has 0 aromatic rings. The average Bonchev–Trinajstić information content (AvgIpc) is 2.21. The average molecular weight is 228 g/mol. The third-order valence-corrected chi connectivity index (χ3v) is 2.75. The van der Waals surface area contributed by atoms with Crippen molar-refractivity contribution in [2.75, 3.05) is 13.1 Å². The number of amides is 1. The molecule has 0 atom stereocenters. The second-order valence-corrected chi connectivity index (χ2v) is 5.78. The number of nitrogens with two attached hydrogens (primary N) is 1. The lowest BCUT2D eigenvalue weighted by Gasteiger charge is -2.22. The van der Waals surface area contributed by atoms with Crippen molar-refractivity contribution >= 4 is 5.91 Å². The van der Waals surface area contributed by atoms with Crippen molar-refractivity contribution in [2.24, 2.45) is 17.1 Å². The van der Waals surface area contributed by atoms with Gasteiger partial charge in [0, 0.05) is 13.0 Å². The SMILES string of the molecule is CC(C)CCCCC(=O)NCC(C)(C)CN. The Balaban J connectivity index is 3.52. The predicted octanol–water partition coefficient (Wildman–Crippen LogP) is 2.30. The first-order valence-electron chi connectivity index (χ1n) is 6.34. The molecule has 0 unspecified atom stereocenters. The summed E-state index contributed by atoms with van der Waals surface area (Å²) in [6.07, 6.45) is 3.99. The molecule has 0 aliphatic carbocycles. The molecule has 1 amide bonds. The Kier molecular flexibility index (Phi) is 7.39. The van der Waals surface area contributed by atoms with Gasteiger partial charge in [0.25, 0.3) is 0 Å². The van der Waals surface area contributed by atoms with Gasteiger partial charge >= 0.3 is 0 Å². The van der Waals surface area contributed by atoms with E-state index >= 15 is 0 Å². The number of hydrogen-bond donors (Lipinski definition) is 2. The molecule has 3 N–H and O–H groups in total. The minimum atomic E-state index is 0.00753. The zero-order valence-electron chi connectivity index (χ0n) is 11.3. The number of carbonyl (C=O) groups is 1. The summed E-state index contributed by atoms with van der Waals surface area (Å²) in [6.45, 7) is 9.82. The van der Waals surface area contributed by atoms with E-state index in [1.807, 2.05) is 0 Å². The predicted molar refractivity (Wildman–Crippen MR) is 69.2 cm³/mol. The lowest BCUT2D eigenvalue weighted by atomic mass is 9.94. The van der Waals surface area contributed by atoms with E-state index in [4.69, 9.17) is 5.73 Å². The molecule has 16 heavy (non-hydrogen) atoms. The van der Waals surface area contributed by atoms with Crippen molar-refractivity contribution in [1.29, 1.82) is 0 Å². The smallest absolute Gasteiger partial charge is 0.220 e. The molecule has 0 saturated heterocycles. The van der Waals surface area contributed by atoms with E-state index in [1.54, 1.807) is 0 Å². The third kappa shape index (κ3) is 8.72. The summed E-state index contributed by atoms with van der Waals surface area (Å²) in [7, 11) is 0. The Bertz CT molecular complexity index is 200. The van der Waals surface area contributed by atoms with Crippen LogP contribution in [-0.2, 0) is 4.79 Å². The Morgan fingerprint density at radius 2 is 1.94 bits per heavy atom. The van der Waals surface area contributed by atoms with Crippen LogP contribution in [-0.4, -0.2) is 19.0 Å². The molecule has 0 aliphatic rings. The standard InChI is InChI=1S/C13H28N2O/c1-11(2)7-5-6-8-12(16)15-10-13(3,4)9-14/h11H,5-10,14H2,1-4H3,(H,15,16). The molecule has 96 valence electrons. The Morgan fingerprint density at radius 1 is 1.31 bits per heavy atom. The first-order chi connectivity index (χ1) is 7.37. The molecule has 0 aromatic carbocycles. The molecule has 0 radical (unpaired) electrons. The Morgan fingerprint density at radius 3 is 2.44 bits per heavy atom. The first kappa shape index (κ1) is 15.4. The van der Waals surface area contributed by atoms with Crippen LogP contribution < -0.4 is 11.1 Å². The van der Waals surface area contributed by atoms with Crippen LogP contribution in [0.5, 0.6) is 0 Å². The van der Waals surface area contributed by atoms with Crippen LogP contribution in [0.4, 0.5) is 0 Å². The second-order valence-electron chi connectivity index (χ2n) is 5.78. The minimum absolute atomic E-state index is 0.00753. The molecule has 0 fully saturated rings. The molecule has 0 aromatic heterocycles. The number of rotatable bonds is 8. The van der Waals surface area contributed by atoms with E-state index in [-0.39, 0.29) is 11.3 Å². The summed E-state index contributed by atoms with van der Waals surface area (Å²) in [5, 5.41) is 2.94. The highest BCUT2D eigenvalue weighted by atomic mass is 16.1. The van der Waals surface area contributed by atoms with Crippen LogP contribution >= 0.6 is 0 Å². The van der Waals surface area contributed by atoms with Crippen LogP contribution in [0.25, 0.3) is 0 Å². The van der Waals surface area contributed by atoms with Gasteiger partial charge in [0.2, 0.25) is 5.91 Å². The second kappa shape index (κ2) is 7.66. The monoisotopic (exact) mass is 228 g/mol. The van der Waals surface area contributed by atoms with Crippen LogP contribution in [0.2, 0.25) is 0 Å². The van der Waals surface area contributed by atoms with Crippen molar-refractivity contribution in [3.8, 4) is 0 Å². The molecule has 0 rings (SSSR count). The van der Waals surface area contributed by atoms with Crippen molar-refractivity contribution in [3.05, 3.63) is 0 Å². The van der Waals surface area contributed by atoms with E-state index in [1.165, 1.54) is 6.42 Å². The summed E-state index contributed by atoms with van der Waals surface area (Å²) in [4.78, 5) is 11.5. The summed E-state index contributed by atoms with van der Waals surface area (Å²) in [5.41, 5.74) is 5.60. The molecule has 0 saturated carbocycles. The van der Waals surface area contributed by atoms with E-state index < -0.39 is 0 Å². The lowest BCUT2D eigenvalue weighted by molar-refractivity contribution is -0.121. The van der Waals surface area contributed by atoms with Gasteiger partial charge in [-0.3, -0.25) is 4.79 Å². The summed E-state index contributed by atoms with van der Waals surface area (Å²) >= 11 is 0. The van der Waals surface area contributed by atoms with Gasteiger partial charge in [-0.15, -0.1) is 0 Å². The van der Waals surface area contributed by atoms with Gasteiger partial charge in [-0.1, -0.05) is 40.5 Å². The number of nitrogens with one attached hydrogen (secondary N) is 1. The van der Waals surface area contributed by atoms with E-state index in [2.05, 4.69) is 33.0 Å². The fourth-order valence-electron chi connectivity index (χ4n) is 1.34. The normalized spacial score (nSPS) is 11.9. The van der Waals surface area contributed by atoms with E-state index in [0.717, 1.165) is 18.8 Å². The number of hydrogen-bond acceptors (Lipinski definition) is 2. The quantitative estimate of drug-likeness (QED) is 0.626. The molecular formula is C13H28N2O. The van der Waals surface area contributed by atoms with Gasteiger partial charge in [-0.25, -0.2) is 0 Å². The molecular weight excluding hydrogens is 200 g/mol. The maximum absolute atomic E-state index is 11.5. The lowest BCUT2D eigenvalue weighted by Crippen LogP contribution is -2.38. The third-order valence-electron chi connectivity index (χ3n) is 2.75. The van der Waals surface area contributed by atoms with Gasteiger partial charge in [0.15, 0.2) is 0 Å². The van der Waals surface area contributed by atoms with Crippen LogP contribution in [0.15, 0.2) is 0 Å². The van der Waals surface area contributed by atoms with Gasteiger partial charge < -0.3 is 11.1 Å². The number of unbranched alkanes of at least 4 members (excludes halogenated alkanes) is 1. The van der Waals surface area contributed by atoms with Crippen molar-refractivity contribution in [3.63, 3.8) is 0 Å². The summed E-state index contributed by atoms with van der Waals surface area (Å²) in [5.74, 6) is 0.893. The molecule has 0 aliphatic heterocycles. The van der Waals surface area contributed by atoms with Gasteiger partial charge in [-0.05, 0) is 24.3 Å². The largest absolute Gasteiger partial charge is 0.356 e.